The molecule has 38 heavy (non-hydrogen) atoms. The Morgan fingerprint density at radius 2 is 1.89 bits per heavy atom. The maximum Gasteiger partial charge on any atom is 0.272 e. The molecule has 1 aliphatic rings. The van der Waals surface area contributed by atoms with Gasteiger partial charge >= 0.3 is 0 Å². The lowest BCUT2D eigenvalue weighted by Crippen LogP contribution is -2.28. The van der Waals surface area contributed by atoms with E-state index in [0.29, 0.717) is 36.4 Å². The van der Waals surface area contributed by atoms with Crippen molar-refractivity contribution in [2.75, 3.05) is 13.7 Å². The number of amides is 1. The summed E-state index contributed by atoms with van der Waals surface area (Å²) in [4.78, 5) is 23.3. The number of nitrogens with zero attached hydrogens (tertiary/aromatic N) is 3. The summed E-state index contributed by atoms with van der Waals surface area (Å²) < 4.78 is 41.5. The first-order valence-corrected chi connectivity index (χ1v) is 13.5. The van der Waals surface area contributed by atoms with E-state index in [0.717, 1.165) is 12.1 Å². The monoisotopic (exact) mass is 543 g/mol. The third kappa shape index (κ3) is 5.94. The zero-order valence-electron chi connectivity index (χ0n) is 21.4. The minimum atomic E-state index is -4.14. The number of carbonyl (C=O) groups excluding carboxylic acids is 1. The lowest BCUT2D eigenvalue weighted by Gasteiger charge is -2.14. The van der Waals surface area contributed by atoms with Crippen molar-refractivity contribution in [3.63, 3.8) is 0 Å². The molecule has 0 saturated heterocycles. The zero-order valence-corrected chi connectivity index (χ0v) is 22.2. The molecular formula is C25H29N5O7S. The minimum Gasteiger partial charge on any atom is -0.497 e. The number of methoxy groups -OCH3 is 1. The van der Waals surface area contributed by atoms with Crippen LogP contribution in [0.3, 0.4) is 0 Å². The molecule has 2 N–H and O–H groups in total. The number of rotatable bonds is 11. The third-order valence-corrected chi connectivity index (χ3v) is 7.35. The molecule has 0 atom stereocenters. The number of nitrogens with one attached hydrogen (secondary N) is 2. The summed E-state index contributed by atoms with van der Waals surface area (Å²) in [7, 11) is -2.60. The number of benzene rings is 2. The third-order valence-electron chi connectivity index (χ3n) is 5.80. The second-order valence-corrected chi connectivity index (χ2v) is 11.1. The number of hydrogen-bond acceptors (Lipinski definition) is 8. The van der Waals surface area contributed by atoms with Gasteiger partial charge in [0.2, 0.25) is 15.9 Å². The fourth-order valence-corrected chi connectivity index (χ4v) is 5.04. The van der Waals surface area contributed by atoms with E-state index < -0.39 is 26.5 Å². The van der Waals surface area contributed by atoms with Crippen LogP contribution in [0.4, 0.5) is 5.69 Å². The van der Waals surface area contributed by atoms with E-state index in [1.165, 1.54) is 17.9 Å². The van der Waals surface area contributed by atoms with Crippen LogP contribution in [0.5, 0.6) is 17.4 Å². The molecule has 1 heterocycles. The molecule has 0 aliphatic heterocycles. The van der Waals surface area contributed by atoms with Crippen molar-refractivity contribution in [1.82, 2.24) is 19.8 Å². The van der Waals surface area contributed by atoms with Crippen LogP contribution in [0.25, 0.3) is 5.69 Å². The predicted octanol–water partition coefficient (Wildman–Crippen LogP) is 3.72. The summed E-state index contributed by atoms with van der Waals surface area (Å²) in [5.41, 5.74) is 0.578. The van der Waals surface area contributed by atoms with E-state index in [-0.39, 0.29) is 34.2 Å². The number of aromatic nitrogens is 2. The summed E-state index contributed by atoms with van der Waals surface area (Å²) in [6, 6.07) is 9.93. The van der Waals surface area contributed by atoms with Crippen LogP contribution >= 0.6 is 0 Å². The molecule has 1 aliphatic carbocycles. The van der Waals surface area contributed by atoms with Crippen LogP contribution in [-0.4, -0.2) is 48.7 Å². The maximum atomic E-state index is 13.1. The van der Waals surface area contributed by atoms with Crippen LogP contribution in [0, 0.1) is 23.0 Å². The molecule has 1 fully saturated rings. The van der Waals surface area contributed by atoms with E-state index in [1.54, 1.807) is 31.2 Å². The highest BCUT2D eigenvalue weighted by Crippen LogP contribution is 2.36. The molecule has 0 bridgehead atoms. The highest BCUT2D eigenvalue weighted by Gasteiger charge is 2.32. The van der Waals surface area contributed by atoms with E-state index in [2.05, 4.69) is 15.1 Å². The second-order valence-electron chi connectivity index (χ2n) is 9.38. The van der Waals surface area contributed by atoms with Gasteiger partial charge in [-0.2, -0.15) is 9.78 Å². The van der Waals surface area contributed by atoms with Crippen molar-refractivity contribution in [2.45, 2.75) is 44.6 Å². The SMILES string of the molecule is COc1ccc(-n2nc(C(=O)NCC(C)C)c(C)c2Oc2ccc([N+](=O)[O-])cc2S(=O)(=O)NC2CC2)cc1. The van der Waals surface area contributed by atoms with Crippen molar-refractivity contribution in [2.24, 2.45) is 5.92 Å². The number of carbonyl (C=O) groups is 1. The average molecular weight is 544 g/mol. The van der Waals surface area contributed by atoms with Gasteiger partial charge in [0.05, 0.1) is 17.7 Å². The fraction of sp³-hybridized carbons (Fsp3) is 0.360. The Bertz CT molecular complexity index is 1460. The molecular weight excluding hydrogens is 514 g/mol. The van der Waals surface area contributed by atoms with E-state index in [4.69, 9.17) is 9.47 Å². The van der Waals surface area contributed by atoms with E-state index >= 15 is 0 Å². The Kier molecular flexibility index (Phi) is 7.69. The Labute approximate surface area is 220 Å². The highest BCUT2D eigenvalue weighted by molar-refractivity contribution is 7.89. The van der Waals surface area contributed by atoms with Crippen LogP contribution < -0.4 is 19.5 Å². The molecule has 0 unspecified atom stereocenters. The lowest BCUT2D eigenvalue weighted by molar-refractivity contribution is -0.385. The van der Waals surface area contributed by atoms with Crippen molar-refractivity contribution < 1.29 is 27.6 Å². The van der Waals surface area contributed by atoms with Crippen LogP contribution in [0.15, 0.2) is 47.4 Å². The maximum absolute atomic E-state index is 13.1. The van der Waals surface area contributed by atoms with Gasteiger partial charge in [0.25, 0.3) is 11.6 Å². The quantitative estimate of drug-likeness (QED) is 0.274. The Balaban J connectivity index is 1.82. The molecule has 3 aromatic rings. The molecule has 12 nitrogen and oxygen atoms in total. The van der Waals surface area contributed by atoms with Gasteiger partial charge in [0, 0.05) is 30.3 Å². The summed E-state index contributed by atoms with van der Waals surface area (Å²) in [6.07, 6.45) is 1.37. The number of hydrogen-bond donors (Lipinski definition) is 2. The zero-order chi connectivity index (χ0) is 27.6. The number of nitro groups is 1. The van der Waals surface area contributed by atoms with Gasteiger partial charge in [-0.1, -0.05) is 13.8 Å². The Morgan fingerprint density at radius 3 is 2.47 bits per heavy atom. The number of sulfonamides is 1. The summed E-state index contributed by atoms with van der Waals surface area (Å²) in [6.45, 7) is 5.99. The molecule has 4 rings (SSSR count). The first kappa shape index (κ1) is 27.1. The fourth-order valence-electron chi connectivity index (χ4n) is 3.59. The van der Waals surface area contributed by atoms with Gasteiger partial charge in [-0.25, -0.2) is 13.1 Å². The van der Waals surface area contributed by atoms with Crippen LogP contribution in [0.2, 0.25) is 0 Å². The standard InChI is InChI=1S/C25H29N5O7S/c1-15(2)14-26-24(31)23-16(3)25(29(27-23)18-7-10-20(36-4)11-8-18)37-21-12-9-19(30(32)33)13-22(21)38(34,35)28-17-5-6-17/h7-13,15,17,28H,5-6,14H2,1-4H3,(H,26,31). The van der Waals surface area contributed by atoms with Gasteiger partial charge in [-0.05, 0) is 56.0 Å². The van der Waals surface area contributed by atoms with Gasteiger partial charge in [-0.15, -0.1) is 0 Å². The summed E-state index contributed by atoms with van der Waals surface area (Å²) in [5, 5.41) is 18.7. The molecule has 1 amide bonds. The van der Waals surface area contributed by atoms with Crippen molar-refractivity contribution >= 4 is 21.6 Å². The van der Waals surface area contributed by atoms with Gasteiger partial charge < -0.3 is 14.8 Å². The molecule has 202 valence electrons. The highest BCUT2D eigenvalue weighted by atomic mass is 32.2. The molecule has 2 aromatic carbocycles. The largest absolute Gasteiger partial charge is 0.497 e. The molecule has 1 saturated carbocycles. The van der Waals surface area contributed by atoms with Crippen molar-refractivity contribution in [3.8, 4) is 23.1 Å². The normalized spacial score (nSPS) is 13.4. The molecule has 13 heteroatoms. The van der Waals surface area contributed by atoms with Crippen LogP contribution in [-0.2, 0) is 10.0 Å². The molecule has 1 aromatic heterocycles. The van der Waals surface area contributed by atoms with Crippen LogP contribution in [0.1, 0.15) is 42.7 Å². The van der Waals surface area contributed by atoms with Gasteiger partial charge in [0.1, 0.15) is 16.4 Å². The molecule has 0 radical (unpaired) electrons. The molecule has 0 spiro atoms. The van der Waals surface area contributed by atoms with Crippen molar-refractivity contribution in [1.29, 1.82) is 0 Å². The summed E-state index contributed by atoms with van der Waals surface area (Å²) in [5.74, 6) is 0.341. The van der Waals surface area contributed by atoms with E-state index in [9.17, 15) is 23.3 Å². The average Bonchev–Trinajstić information content (AvgIpc) is 3.63. The lowest BCUT2D eigenvalue weighted by atomic mass is 10.2. The number of ether oxygens (including phenoxy) is 2. The Hall–Kier alpha value is -3.97. The first-order valence-electron chi connectivity index (χ1n) is 12.0. The van der Waals surface area contributed by atoms with Gasteiger partial charge in [0.15, 0.2) is 5.69 Å². The van der Waals surface area contributed by atoms with Crippen molar-refractivity contribution in [3.05, 3.63) is 63.8 Å². The smallest absolute Gasteiger partial charge is 0.272 e. The summed E-state index contributed by atoms with van der Waals surface area (Å²) >= 11 is 0. The first-order chi connectivity index (χ1) is 18.0. The Morgan fingerprint density at radius 1 is 1.21 bits per heavy atom. The van der Waals surface area contributed by atoms with Gasteiger partial charge in [-0.3, -0.25) is 14.9 Å². The number of non-ortho nitro benzene ring substituents is 1. The second kappa shape index (κ2) is 10.8. The minimum absolute atomic E-state index is 0.0848. The van der Waals surface area contributed by atoms with E-state index in [1.807, 2.05) is 13.8 Å². The number of nitro benzene ring substituents is 1. The predicted molar refractivity (Wildman–Crippen MR) is 139 cm³/mol. The topological polar surface area (TPSA) is 155 Å².